The van der Waals surface area contributed by atoms with Gasteiger partial charge >= 0.3 is 0 Å². The lowest BCUT2D eigenvalue weighted by molar-refractivity contribution is -0.385. The molecule has 1 amide bonds. The van der Waals surface area contributed by atoms with Gasteiger partial charge in [0.15, 0.2) is 0 Å². The Kier molecular flexibility index (Phi) is 7.05. The van der Waals surface area contributed by atoms with Crippen molar-refractivity contribution in [2.45, 2.75) is 26.2 Å². The van der Waals surface area contributed by atoms with Crippen molar-refractivity contribution in [3.05, 3.63) is 64.2 Å². The van der Waals surface area contributed by atoms with Crippen LogP contribution in [0.4, 0.5) is 17.1 Å². The Morgan fingerprint density at radius 2 is 1.90 bits per heavy atom. The third-order valence-corrected chi connectivity index (χ3v) is 5.25. The number of likely N-dealkylation sites (tertiary alicyclic amines) is 1. The predicted octanol–water partition coefficient (Wildman–Crippen LogP) is 4.16. The molecular formula is C22H28N4O3. The molecule has 29 heavy (non-hydrogen) atoms. The highest BCUT2D eigenvalue weighted by Gasteiger charge is 2.26. The number of nitro groups is 1. The Bertz CT molecular complexity index is 835. The molecule has 0 spiro atoms. The Morgan fingerprint density at radius 3 is 2.55 bits per heavy atom. The number of carbonyl (C=O) groups excluding carboxylic acids is 1. The highest BCUT2D eigenvalue weighted by atomic mass is 16.6. The number of hydrogen-bond donors (Lipinski definition) is 1. The molecule has 0 atom stereocenters. The highest BCUT2D eigenvalue weighted by molar-refractivity contribution is 5.99. The Balaban J connectivity index is 1.61. The standard InChI is InChI=1S/C22H28N4O3/c1-2-24(19-9-4-3-5-10-19)16-8-13-23-18-11-12-21(26(28)29)20(17-18)22(27)25-14-6-7-15-25/h3-5,9-12,17,23H,2,6-8,13-16H2,1H3. The van der Waals surface area contributed by atoms with Crippen LogP contribution in [0.25, 0.3) is 0 Å². The molecule has 154 valence electrons. The number of amides is 1. The quantitative estimate of drug-likeness (QED) is 0.391. The summed E-state index contributed by atoms with van der Waals surface area (Å²) in [4.78, 5) is 27.6. The van der Waals surface area contributed by atoms with Crippen molar-refractivity contribution < 1.29 is 9.72 Å². The largest absolute Gasteiger partial charge is 0.385 e. The van der Waals surface area contributed by atoms with Gasteiger partial charge in [-0.3, -0.25) is 14.9 Å². The normalized spacial score (nSPS) is 13.3. The van der Waals surface area contributed by atoms with E-state index in [4.69, 9.17) is 0 Å². The summed E-state index contributed by atoms with van der Waals surface area (Å²) in [5.41, 5.74) is 1.97. The van der Waals surface area contributed by atoms with Crippen LogP contribution in [0.1, 0.15) is 36.5 Å². The number of nitrogens with zero attached hydrogens (tertiary/aromatic N) is 3. The molecule has 7 nitrogen and oxygen atoms in total. The fourth-order valence-corrected chi connectivity index (χ4v) is 3.68. The average Bonchev–Trinajstić information content (AvgIpc) is 3.28. The fraction of sp³-hybridized carbons (Fsp3) is 0.409. The molecule has 0 aliphatic carbocycles. The van der Waals surface area contributed by atoms with Gasteiger partial charge in [0.1, 0.15) is 5.56 Å². The van der Waals surface area contributed by atoms with E-state index in [0.29, 0.717) is 13.1 Å². The van der Waals surface area contributed by atoms with Crippen molar-refractivity contribution in [2.75, 3.05) is 42.9 Å². The molecule has 0 radical (unpaired) electrons. The van der Waals surface area contributed by atoms with E-state index >= 15 is 0 Å². The maximum atomic E-state index is 12.7. The van der Waals surface area contributed by atoms with Crippen LogP contribution in [0.5, 0.6) is 0 Å². The lowest BCUT2D eigenvalue weighted by atomic mass is 10.1. The van der Waals surface area contributed by atoms with E-state index in [2.05, 4.69) is 29.3 Å². The first-order valence-electron chi connectivity index (χ1n) is 10.2. The van der Waals surface area contributed by atoms with Crippen LogP contribution < -0.4 is 10.2 Å². The zero-order valence-corrected chi connectivity index (χ0v) is 16.8. The second kappa shape index (κ2) is 9.91. The molecule has 0 aromatic heterocycles. The van der Waals surface area contributed by atoms with Gasteiger partial charge in [-0.25, -0.2) is 0 Å². The van der Waals surface area contributed by atoms with E-state index in [9.17, 15) is 14.9 Å². The molecule has 1 heterocycles. The van der Waals surface area contributed by atoms with Gasteiger partial charge < -0.3 is 15.1 Å². The first-order valence-corrected chi connectivity index (χ1v) is 10.2. The van der Waals surface area contributed by atoms with E-state index in [1.165, 1.54) is 11.8 Å². The zero-order chi connectivity index (χ0) is 20.6. The van der Waals surface area contributed by atoms with Gasteiger partial charge in [0, 0.05) is 50.2 Å². The molecule has 7 heteroatoms. The molecule has 0 saturated carbocycles. The Labute approximate surface area is 171 Å². The Hall–Kier alpha value is -3.09. The number of hydrogen-bond acceptors (Lipinski definition) is 5. The summed E-state index contributed by atoms with van der Waals surface area (Å²) in [7, 11) is 0. The lowest BCUT2D eigenvalue weighted by Gasteiger charge is -2.23. The SMILES string of the molecule is CCN(CCCNc1ccc([N+](=O)[O-])c(C(=O)N2CCCC2)c1)c1ccccc1. The summed E-state index contributed by atoms with van der Waals surface area (Å²) >= 11 is 0. The van der Waals surface area contributed by atoms with Crippen LogP contribution in [-0.4, -0.2) is 48.5 Å². The van der Waals surface area contributed by atoms with Crippen LogP contribution in [0, 0.1) is 10.1 Å². The number of para-hydroxylation sites is 1. The van der Waals surface area contributed by atoms with E-state index in [1.54, 1.807) is 17.0 Å². The van der Waals surface area contributed by atoms with Crippen LogP contribution in [0.2, 0.25) is 0 Å². The molecule has 2 aromatic rings. The van der Waals surface area contributed by atoms with Crippen LogP contribution in [-0.2, 0) is 0 Å². The molecular weight excluding hydrogens is 368 g/mol. The topological polar surface area (TPSA) is 78.7 Å². The molecule has 1 N–H and O–H groups in total. The van der Waals surface area contributed by atoms with Crippen molar-refractivity contribution >= 4 is 23.0 Å². The smallest absolute Gasteiger partial charge is 0.282 e. The number of carbonyl (C=O) groups is 1. The summed E-state index contributed by atoms with van der Waals surface area (Å²) < 4.78 is 0. The maximum Gasteiger partial charge on any atom is 0.282 e. The number of benzene rings is 2. The molecule has 1 aliphatic rings. The van der Waals surface area contributed by atoms with E-state index < -0.39 is 4.92 Å². The van der Waals surface area contributed by atoms with Gasteiger partial charge in [0.05, 0.1) is 4.92 Å². The second-order valence-corrected chi connectivity index (χ2v) is 7.18. The van der Waals surface area contributed by atoms with E-state index in [0.717, 1.165) is 44.6 Å². The highest BCUT2D eigenvalue weighted by Crippen LogP contribution is 2.25. The minimum atomic E-state index is -0.480. The van der Waals surface area contributed by atoms with Gasteiger partial charge in [-0.05, 0) is 50.5 Å². The molecule has 3 rings (SSSR count). The molecule has 1 saturated heterocycles. The summed E-state index contributed by atoms with van der Waals surface area (Å²) in [6.07, 6.45) is 2.81. The van der Waals surface area contributed by atoms with Crippen LogP contribution >= 0.6 is 0 Å². The van der Waals surface area contributed by atoms with Crippen molar-refractivity contribution in [3.8, 4) is 0 Å². The van der Waals surface area contributed by atoms with Gasteiger partial charge in [0.25, 0.3) is 11.6 Å². The lowest BCUT2D eigenvalue weighted by Crippen LogP contribution is -2.28. The zero-order valence-electron chi connectivity index (χ0n) is 16.8. The van der Waals surface area contributed by atoms with Crippen molar-refractivity contribution in [1.29, 1.82) is 0 Å². The van der Waals surface area contributed by atoms with Gasteiger partial charge in [-0.15, -0.1) is 0 Å². The maximum absolute atomic E-state index is 12.7. The third kappa shape index (κ3) is 5.25. The Morgan fingerprint density at radius 1 is 1.17 bits per heavy atom. The molecule has 0 unspecified atom stereocenters. The summed E-state index contributed by atoms with van der Waals surface area (Å²) in [5.74, 6) is -0.251. The molecule has 2 aromatic carbocycles. The summed E-state index contributed by atoms with van der Waals surface area (Å²) in [6.45, 7) is 6.02. The van der Waals surface area contributed by atoms with Crippen molar-refractivity contribution in [3.63, 3.8) is 0 Å². The number of anilines is 2. The first kappa shape index (κ1) is 20.6. The van der Waals surface area contributed by atoms with Gasteiger partial charge in [-0.2, -0.15) is 0 Å². The number of rotatable bonds is 9. The van der Waals surface area contributed by atoms with Gasteiger partial charge in [-0.1, -0.05) is 18.2 Å². The second-order valence-electron chi connectivity index (χ2n) is 7.18. The third-order valence-electron chi connectivity index (χ3n) is 5.25. The fourth-order valence-electron chi connectivity index (χ4n) is 3.68. The molecule has 0 bridgehead atoms. The number of nitrogens with one attached hydrogen (secondary N) is 1. The van der Waals surface area contributed by atoms with E-state index in [-0.39, 0.29) is 17.2 Å². The van der Waals surface area contributed by atoms with Crippen LogP contribution in [0.15, 0.2) is 48.5 Å². The summed E-state index contributed by atoms with van der Waals surface area (Å²) in [6, 6.07) is 15.0. The molecule has 1 aliphatic heterocycles. The molecule has 1 fully saturated rings. The van der Waals surface area contributed by atoms with Gasteiger partial charge in [0.2, 0.25) is 0 Å². The monoisotopic (exact) mass is 396 g/mol. The summed E-state index contributed by atoms with van der Waals surface area (Å²) in [5, 5.41) is 14.7. The minimum Gasteiger partial charge on any atom is -0.385 e. The first-order chi connectivity index (χ1) is 14.1. The minimum absolute atomic E-state index is 0.131. The predicted molar refractivity (Wildman–Crippen MR) is 116 cm³/mol. The average molecular weight is 396 g/mol. The number of nitro benzene ring substituents is 1. The van der Waals surface area contributed by atoms with Crippen molar-refractivity contribution in [2.24, 2.45) is 0 Å². The van der Waals surface area contributed by atoms with Crippen molar-refractivity contribution in [1.82, 2.24) is 4.90 Å². The van der Waals surface area contributed by atoms with E-state index in [1.807, 2.05) is 18.2 Å². The van der Waals surface area contributed by atoms with Crippen LogP contribution in [0.3, 0.4) is 0 Å².